The molecule has 0 saturated carbocycles. The lowest BCUT2D eigenvalue weighted by molar-refractivity contribution is 0.0614. The fourth-order valence-electron chi connectivity index (χ4n) is 2.06. The minimum Gasteiger partial charge on any atom is -0.396 e. The van der Waals surface area contributed by atoms with E-state index in [0.717, 1.165) is 25.1 Å². The molecule has 2 rings (SSSR count). The van der Waals surface area contributed by atoms with Crippen molar-refractivity contribution in [1.29, 1.82) is 0 Å². The first-order valence-electron chi connectivity index (χ1n) is 5.89. The lowest BCUT2D eigenvalue weighted by atomic mass is 9.99. The van der Waals surface area contributed by atoms with E-state index < -0.39 is 0 Å². The summed E-state index contributed by atoms with van der Waals surface area (Å²) in [5.74, 6) is 0.113. The van der Waals surface area contributed by atoms with Gasteiger partial charge in [-0.25, -0.2) is 4.98 Å². The second-order valence-corrected chi connectivity index (χ2v) is 4.49. The van der Waals surface area contributed by atoms with Crippen molar-refractivity contribution in [3.63, 3.8) is 0 Å². The quantitative estimate of drug-likeness (QED) is 0.816. The summed E-state index contributed by atoms with van der Waals surface area (Å²) in [5, 5.41) is 9.13. The summed E-state index contributed by atoms with van der Waals surface area (Å²) in [6.45, 7) is 3.34. The fourth-order valence-corrected chi connectivity index (χ4v) is 2.06. The Bertz CT molecular complexity index is 391. The number of piperidine rings is 1. The van der Waals surface area contributed by atoms with Gasteiger partial charge in [-0.15, -0.1) is 0 Å². The molecule has 5 heteroatoms. The maximum atomic E-state index is 12.1. The van der Waals surface area contributed by atoms with Gasteiger partial charge >= 0.3 is 0 Å². The van der Waals surface area contributed by atoms with Gasteiger partial charge in [-0.3, -0.25) is 9.78 Å². The van der Waals surface area contributed by atoms with E-state index in [4.69, 9.17) is 5.11 Å². The number of nitrogens with zero attached hydrogens (tertiary/aromatic N) is 3. The summed E-state index contributed by atoms with van der Waals surface area (Å²) in [7, 11) is 0. The Morgan fingerprint density at radius 1 is 1.53 bits per heavy atom. The number of rotatable bonds is 2. The summed E-state index contributed by atoms with van der Waals surface area (Å²) in [6, 6.07) is 0. The molecule has 0 bridgehead atoms. The van der Waals surface area contributed by atoms with E-state index in [2.05, 4.69) is 9.97 Å². The second-order valence-electron chi connectivity index (χ2n) is 4.49. The predicted molar refractivity (Wildman–Crippen MR) is 62.5 cm³/mol. The molecule has 1 aliphatic heterocycles. The van der Waals surface area contributed by atoms with Gasteiger partial charge in [0.1, 0.15) is 5.69 Å². The third-order valence-electron chi connectivity index (χ3n) is 3.06. The van der Waals surface area contributed by atoms with Crippen LogP contribution in [0.2, 0.25) is 0 Å². The molecule has 1 unspecified atom stereocenters. The Labute approximate surface area is 100 Å². The van der Waals surface area contributed by atoms with Crippen LogP contribution in [0.1, 0.15) is 29.0 Å². The second kappa shape index (κ2) is 5.23. The molecule has 0 spiro atoms. The molecule has 1 amide bonds. The van der Waals surface area contributed by atoms with E-state index in [1.54, 1.807) is 11.1 Å². The van der Waals surface area contributed by atoms with E-state index in [0.29, 0.717) is 12.2 Å². The van der Waals surface area contributed by atoms with Crippen LogP contribution in [0.3, 0.4) is 0 Å². The monoisotopic (exact) mass is 235 g/mol. The first-order valence-corrected chi connectivity index (χ1v) is 5.89. The van der Waals surface area contributed by atoms with Crippen molar-refractivity contribution in [3.8, 4) is 0 Å². The number of likely N-dealkylation sites (tertiary alicyclic amines) is 1. The molecule has 92 valence electrons. The van der Waals surface area contributed by atoms with Crippen LogP contribution in [0.25, 0.3) is 0 Å². The van der Waals surface area contributed by atoms with Crippen molar-refractivity contribution in [3.05, 3.63) is 23.8 Å². The van der Waals surface area contributed by atoms with Crippen LogP contribution in [0.15, 0.2) is 12.4 Å². The topological polar surface area (TPSA) is 66.3 Å². The van der Waals surface area contributed by atoms with Gasteiger partial charge in [0.2, 0.25) is 0 Å². The van der Waals surface area contributed by atoms with Crippen LogP contribution in [0.4, 0.5) is 0 Å². The number of amides is 1. The summed E-state index contributed by atoms with van der Waals surface area (Å²) in [4.78, 5) is 22.0. The molecule has 1 aromatic heterocycles. The Hall–Kier alpha value is -1.49. The van der Waals surface area contributed by atoms with Gasteiger partial charge in [0.15, 0.2) is 0 Å². The van der Waals surface area contributed by atoms with Crippen LogP contribution in [0.5, 0.6) is 0 Å². The van der Waals surface area contributed by atoms with E-state index >= 15 is 0 Å². The van der Waals surface area contributed by atoms with Crippen molar-refractivity contribution in [1.82, 2.24) is 14.9 Å². The molecule has 2 heterocycles. The molecule has 17 heavy (non-hydrogen) atoms. The average Bonchev–Trinajstić information content (AvgIpc) is 2.39. The standard InChI is InChI=1S/C12H17N3O2/c1-9-5-14-11(6-13-9)12(17)15-4-2-3-10(7-15)8-16/h5-6,10,16H,2-4,7-8H2,1H3. The molecule has 1 saturated heterocycles. The number of carbonyl (C=O) groups excluding carboxylic acids is 1. The Morgan fingerprint density at radius 2 is 2.35 bits per heavy atom. The van der Waals surface area contributed by atoms with E-state index in [-0.39, 0.29) is 18.4 Å². The highest BCUT2D eigenvalue weighted by Crippen LogP contribution is 2.17. The Balaban J connectivity index is 2.06. The van der Waals surface area contributed by atoms with Crippen LogP contribution in [-0.2, 0) is 0 Å². The largest absolute Gasteiger partial charge is 0.396 e. The zero-order valence-corrected chi connectivity index (χ0v) is 9.96. The summed E-state index contributed by atoms with van der Waals surface area (Å²) >= 11 is 0. The molecule has 1 aliphatic rings. The van der Waals surface area contributed by atoms with E-state index in [9.17, 15) is 4.79 Å². The van der Waals surface area contributed by atoms with Crippen LogP contribution in [0, 0.1) is 12.8 Å². The normalized spacial score (nSPS) is 20.4. The lowest BCUT2D eigenvalue weighted by Crippen LogP contribution is -2.41. The van der Waals surface area contributed by atoms with Crippen LogP contribution >= 0.6 is 0 Å². The number of aliphatic hydroxyl groups is 1. The molecule has 1 fully saturated rings. The number of aliphatic hydroxyl groups excluding tert-OH is 1. The number of aryl methyl sites for hydroxylation is 1. The zero-order valence-electron chi connectivity index (χ0n) is 9.96. The summed E-state index contributed by atoms with van der Waals surface area (Å²) in [6.07, 6.45) is 5.04. The van der Waals surface area contributed by atoms with Gasteiger partial charge in [-0.2, -0.15) is 0 Å². The summed E-state index contributed by atoms with van der Waals surface area (Å²) < 4.78 is 0. The lowest BCUT2D eigenvalue weighted by Gasteiger charge is -2.31. The molecule has 0 radical (unpaired) electrons. The fraction of sp³-hybridized carbons (Fsp3) is 0.583. The first kappa shape index (κ1) is 12.0. The molecule has 1 atom stereocenters. The molecule has 1 N–H and O–H groups in total. The molecular weight excluding hydrogens is 218 g/mol. The van der Waals surface area contributed by atoms with Crippen LogP contribution in [-0.4, -0.2) is 45.6 Å². The minimum atomic E-state index is -0.0874. The molecule has 0 aliphatic carbocycles. The third-order valence-corrected chi connectivity index (χ3v) is 3.06. The molecule has 0 aromatic carbocycles. The van der Waals surface area contributed by atoms with Crippen molar-refractivity contribution >= 4 is 5.91 Å². The smallest absolute Gasteiger partial charge is 0.274 e. The molecule has 5 nitrogen and oxygen atoms in total. The van der Waals surface area contributed by atoms with Crippen molar-refractivity contribution in [2.45, 2.75) is 19.8 Å². The zero-order chi connectivity index (χ0) is 12.3. The molecule has 1 aromatic rings. The van der Waals surface area contributed by atoms with E-state index in [1.807, 2.05) is 6.92 Å². The van der Waals surface area contributed by atoms with Gasteiger partial charge in [-0.05, 0) is 25.7 Å². The van der Waals surface area contributed by atoms with E-state index in [1.165, 1.54) is 6.20 Å². The Morgan fingerprint density at radius 3 is 3.00 bits per heavy atom. The van der Waals surface area contributed by atoms with Crippen molar-refractivity contribution in [2.75, 3.05) is 19.7 Å². The van der Waals surface area contributed by atoms with Gasteiger partial charge < -0.3 is 10.0 Å². The number of carbonyl (C=O) groups is 1. The summed E-state index contributed by atoms with van der Waals surface area (Å²) in [5.41, 5.74) is 1.18. The number of hydrogen-bond donors (Lipinski definition) is 1. The maximum Gasteiger partial charge on any atom is 0.274 e. The Kier molecular flexibility index (Phi) is 3.68. The van der Waals surface area contributed by atoms with Gasteiger partial charge in [0.05, 0.1) is 11.9 Å². The minimum absolute atomic E-state index is 0.0874. The van der Waals surface area contributed by atoms with Crippen molar-refractivity contribution in [2.24, 2.45) is 5.92 Å². The average molecular weight is 235 g/mol. The SMILES string of the molecule is Cc1cnc(C(=O)N2CCCC(CO)C2)cn1. The predicted octanol–water partition coefficient (Wildman–Crippen LogP) is 0.630. The van der Waals surface area contributed by atoms with Gasteiger partial charge in [0.25, 0.3) is 5.91 Å². The van der Waals surface area contributed by atoms with Crippen LogP contribution < -0.4 is 0 Å². The molecular formula is C12H17N3O2. The van der Waals surface area contributed by atoms with Crippen molar-refractivity contribution < 1.29 is 9.90 Å². The highest BCUT2D eigenvalue weighted by Gasteiger charge is 2.24. The van der Waals surface area contributed by atoms with Gasteiger partial charge in [-0.1, -0.05) is 0 Å². The highest BCUT2D eigenvalue weighted by molar-refractivity contribution is 5.92. The number of aromatic nitrogens is 2. The number of hydrogen-bond acceptors (Lipinski definition) is 4. The first-order chi connectivity index (χ1) is 8.20. The highest BCUT2D eigenvalue weighted by atomic mass is 16.3. The third kappa shape index (κ3) is 2.79. The van der Waals surface area contributed by atoms with Gasteiger partial charge in [0, 0.05) is 25.9 Å². The maximum absolute atomic E-state index is 12.1.